The van der Waals surface area contributed by atoms with Crippen LogP contribution in [0, 0.1) is 5.92 Å². The Bertz CT molecular complexity index is 212. The molecule has 0 saturated heterocycles. The molecule has 0 fully saturated rings. The number of hydrogen-bond donors (Lipinski definition) is 1. The molecule has 0 spiro atoms. The zero-order chi connectivity index (χ0) is 10.8. The lowest BCUT2D eigenvalue weighted by atomic mass is 10.1. The van der Waals surface area contributed by atoms with Crippen LogP contribution >= 0.6 is 0 Å². The second-order valence-electron chi connectivity index (χ2n) is 2.77. The van der Waals surface area contributed by atoms with Crippen LogP contribution in [0.1, 0.15) is 20.3 Å². The first-order valence-electron chi connectivity index (χ1n) is 4.48. The zero-order valence-corrected chi connectivity index (χ0v) is 8.51. The standard InChI is InChI=1S/C5H11NO2.C5H5N/c1-3-4(2)5(7)8-6;1-2-4-6-5-3-1/h4H,3,6H2,1-2H3;1-5H. The van der Waals surface area contributed by atoms with Crippen LogP contribution in [-0.2, 0) is 9.63 Å². The fraction of sp³-hybridized carbons (Fsp3) is 0.400. The van der Waals surface area contributed by atoms with Crippen LogP contribution in [0.3, 0.4) is 0 Å². The van der Waals surface area contributed by atoms with E-state index < -0.39 is 0 Å². The summed E-state index contributed by atoms with van der Waals surface area (Å²) in [6, 6.07) is 5.72. The number of pyridine rings is 1. The first kappa shape index (κ1) is 12.6. The average Bonchev–Trinajstić information content (AvgIpc) is 2.30. The first-order chi connectivity index (χ1) is 6.72. The number of carbonyl (C=O) groups is 1. The molecule has 4 nitrogen and oxygen atoms in total. The highest BCUT2D eigenvalue weighted by Gasteiger charge is 2.09. The summed E-state index contributed by atoms with van der Waals surface area (Å²) in [7, 11) is 0. The predicted octanol–water partition coefficient (Wildman–Crippen LogP) is 1.53. The van der Waals surface area contributed by atoms with E-state index in [9.17, 15) is 4.79 Å². The van der Waals surface area contributed by atoms with Gasteiger partial charge in [-0.3, -0.25) is 9.78 Å². The monoisotopic (exact) mass is 196 g/mol. The van der Waals surface area contributed by atoms with Crippen LogP contribution in [0.5, 0.6) is 0 Å². The molecule has 4 heteroatoms. The smallest absolute Gasteiger partial charge is 0.327 e. The molecule has 1 rings (SSSR count). The average molecular weight is 196 g/mol. The second kappa shape index (κ2) is 8.19. The van der Waals surface area contributed by atoms with E-state index in [2.05, 4.69) is 15.7 Å². The Balaban J connectivity index is 0.000000249. The number of aromatic nitrogens is 1. The van der Waals surface area contributed by atoms with Crippen LogP contribution < -0.4 is 5.90 Å². The zero-order valence-electron chi connectivity index (χ0n) is 8.51. The Hall–Kier alpha value is -1.42. The highest BCUT2D eigenvalue weighted by Crippen LogP contribution is 2.00. The maximum absolute atomic E-state index is 10.4. The van der Waals surface area contributed by atoms with Gasteiger partial charge in [-0.2, -0.15) is 5.90 Å². The van der Waals surface area contributed by atoms with Crippen LogP contribution in [-0.4, -0.2) is 11.0 Å². The largest absolute Gasteiger partial charge is 0.373 e. The molecule has 1 atom stereocenters. The van der Waals surface area contributed by atoms with Crippen molar-refractivity contribution in [1.82, 2.24) is 4.98 Å². The molecule has 0 aliphatic rings. The highest BCUT2D eigenvalue weighted by molar-refractivity contribution is 5.71. The Morgan fingerprint density at radius 1 is 1.43 bits per heavy atom. The molecule has 0 aliphatic heterocycles. The van der Waals surface area contributed by atoms with Crippen molar-refractivity contribution in [1.29, 1.82) is 0 Å². The van der Waals surface area contributed by atoms with E-state index in [0.717, 1.165) is 6.42 Å². The number of nitrogens with zero attached hydrogens (tertiary/aromatic N) is 1. The third-order valence-electron chi connectivity index (χ3n) is 1.70. The summed E-state index contributed by atoms with van der Waals surface area (Å²) < 4.78 is 0. The molecule has 0 bridgehead atoms. The third-order valence-corrected chi connectivity index (χ3v) is 1.70. The summed E-state index contributed by atoms with van der Waals surface area (Å²) in [6.07, 6.45) is 4.27. The molecule has 1 aromatic rings. The molecule has 1 unspecified atom stereocenters. The Morgan fingerprint density at radius 2 is 2.00 bits per heavy atom. The van der Waals surface area contributed by atoms with Crippen molar-refractivity contribution in [3.8, 4) is 0 Å². The van der Waals surface area contributed by atoms with Gasteiger partial charge in [0.1, 0.15) is 0 Å². The minimum absolute atomic E-state index is 0.0694. The molecule has 2 N–H and O–H groups in total. The molecule has 0 aromatic carbocycles. The predicted molar refractivity (Wildman–Crippen MR) is 54.0 cm³/mol. The van der Waals surface area contributed by atoms with Gasteiger partial charge in [0, 0.05) is 12.4 Å². The lowest BCUT2D eigenvalue weighted by Gasteiger charge is -2.01. The van der Waals surface area contributed by atoms with Crippen LogP contribution in [0.2, 0.25) is 0 Å². The number of hydrogen-bond acceptors (Lipinski definition) is 4. The molecule has 14 heavy (non-hydrogen) atoms. The van der Waals surface area contributed by atoms with Crippen molar-refractivity contribution < 1.29 is 9.63 Å². The van der Waals surface area contributed by atoms with Gasteiger partial charge in [0.25, 0.3) is 0 Å². The summed E-state index contributed by atoms with van der Waals surface area (Å²) in [5.74, 6) is 4.19. The van der Waals surface area contributed by atoms with E-state index in [0.29, 0.717) is 0 Å². The summed E-state index contributed by atoms with van der Waals surface area (Å²) in [5, 5.41) is 0. The summed E-state index contributed by atoms with van der Waals surface area (Å²) in [4.78, 5) is 18.1. The van der Waals surface area contributed by atoms with Gasteiger partial charge in [-0.05, 0) is 18.6 Å². The molecule has 0 saturated carbocycles. The van der Waals surface area contributed by atoms with Gasteiger partial charge in [0.2, 0.25) is 0 Å². The fourth-order valence-corrected chi connectivity index (χ4v) is 0.595. The summed E-state index contributed by atoms with van der Waals surface area (Å²) in [5.41, 5.74) is 0. The number of nitrogens with two attached hydrogens (primary N) is 1. The van der Waals surface area contributed by atoms with Gasteiger partial charge in [-0.1, -0.05) is 19.9 Å². The third kappa shape index (κ3) is 6.14. The number of rotatable bonds is 2. The molecular formula is C10H16N2O2. The first-order valence-corrected chi connectivity index (χ1v) is 4.48. The minimum atomic E-state index is -0.340. The van der Waals surface area contributed by atoms with E-state index in [1.54, 1.807) is 19.3 Å². The van der Waals surface area contributed by atoms with Gasteiger partial charge in [0.05, 0.1) is 5.92 Å². The van der Waals surface area contributed by atoms with E-state index in [1.165, 1.54) is 0 Å². The van der Waals surface area contributed by atoms with Gasteiger partial charge >= 0.3 is 5.97 Å². The van der Waals surface area contributed by atoms with Crippen molar-refractivity contribution >= 4 is 5.97 Å². The van der Waals surface area contributed by atoms with Gasteiger partial charge < -0.3 is 4.84 Å². The quantitative estimate of drug-likeness (QED) is 0.728. The molecule has 78 valence electrons. The lowest BCUT2D eigenvalue weighted by molar-refractivity contribution is -0.148. The second-order valence-corrected chi connectivity index (χ2v) is 2.77. The van der Waals surface area contributed by atoms with Crippen molar-refractivity contribution in [2.45, 2.75) is 20.3 Å². The lowest BCUT2D eigenvalue weighted by Crippen LogP contribution is -2.17. The summed E-state index contributed by atoms with van der Waals surface area (Å²) in [6.45, 7) is 3.68. The Labute approximate surface area is 84.1 Å². The van der Waals surface area contributed by atoms with E-state index in [-0.39, 0.29) is 11.9 Å². The van der Waals surface area contributed by atoms with Crippen molar-refractivity contribution in [3.05, 3.63) is 30.6 Å². The topological polar surface area (TPSA) is 65.2 Å². The summed E-state index contributed by atoms with van der Waals surface area (Å²) >= 11 is 0. The molecule has 0 amide bonds. The van der Waals surface area contributed by atoms with E-state index in [4.69, 9.17) is 0 Å². The Morgan fingerprint density at radius 3 is 2.14 bits per heavy atom. The molecule has 0 aliphatic carbocycles. The molecule has 1 heterocycles. The minimum Gasteiger partial charge on any atom is -0.373 e. The fourth-order valence-electron chi connectivity index (χ4n) is 0.595. The maximum Gasteiger partial charge on any atom is 0.327 e. The number of carbonyl (C=O) groups excluding carboxylic acids is 1. The van der Waals surface area contributed by atoms with Crippen molar-refractivity contribution in [2.24, 2.45) is 11.8 Å². The van der Waals surface area contributed by atoms with Gasteiger partial charge in [-0.15, -0.1) is 0 Å². The molecule has 1 aromatic heterocycles. The van der Waals surface area contributed by atoms with E-state index in [1.807, 2.05) is 25.1 Å². The van der Waals surface area contributed by atoms with Crippen molar-refractivity contribution in [3.63, 3.8) is 0 Å². The molecular weight excluding hydrogens is 180 g/mol. The van der Waals surface area contributed by atoms with Crippen LogP contribution in [0.15, 0.2) is 30.6 Å². The Kier molecular flexibility index (Phi) is 7.36. The van der Waals surface area contributed by atoms with Crippen LogP contribution in [0.25, 0.3) is 0 Å². The van der Waals surface area contributed by atoms with E-state index >= 15 is 0 Å². The van der Waals surface area contributed by atoms with Gasteiger partial charge in [-0.25, -0.2) is 0 Å². The normalized spacial score (nSPS) is 10.8. The SMILES string of the molecule is CCC(C)C(=O)ON.c1ccncc1. The highest BCUT2D eigenvalue weighted by atomic mass is 16.7. The van der Waals surface area contributed by atoms with Crippen molar-refractivity contribution in [2.75, 3.05) is 0 Å². The van der Waals surface area contributed by atoms with Gasteiger partial charge in [0.15, 0.2) is 0 Å². The molecule has 0 radical (unpaired) electrons. The maximum atomic E-state index is 10.4. The van der Waals surface area contributed by atoms with Crippen LogP contribution in [0.4, 0.5) is 0 Å².